The molecular formula is C13H16F3N3O5. The third kappa shape index (κ3) is 5.89. The van der Waals surface area contributed by atoms with Crippen LogP contribution in [0.1, 0.15) is 41.6 Å². The molecule has 0 radical (unpaired) electrons. The topological polar surface area (TPSA) is 111 Å². The molecule has 0 aliphatic carbocycles. The van der Waals surface area contributed by atoms with Gasteiger partial charge in [0.05, 0.1) is 5.69 Å². The van der Waals surface area contributed by atoms with Crippen molar-refractivity contribution in [3.63, 3.8) is 0 Å². The van der Waals surface area contributed by atoms with E-state index < -0.39 is 37.2 Å². The predicted octanol–water partition coefficient (Wildman–Crippen LogP) is 1.65. The Bertz CT molecular complexity index is 625. The number of imide groups is 1. The van der Waals surface area contributed by atoms with Gasteiger partial charge in [0.2, 0.25) is 0 Å². The number of nitrogens with zero attached hydrogens (tertiary/aromatic N) is 1. The Morgan fingerprint density at radius 1 is 1.29 bits per heavy atom. The normalized spacial score (nSPS) is 11.3. The molecule has 24 heavy (non-hydrogen) atoms. The van der Waals surface area contributed by atoms with Crippen molar-refractivity contribution >= 4 is 17.9 Å². The van der Waals surface area contributed by atoms with E-state index >= 15 is 0 Å². The van der Waals surface area contributed by atoms with Crippen LogP contribution in [0.2, 0.25) is 0 Å². The number of hydrogen-bond acceptors (Lipinski definition) is 6. The number of ether oxygens (including phenoxy) is 1. The minimum absolute atomic E-state index is 0.0688. The second-order valence-corrected chi connectivity index (χ2v) is 5.08. The fourth-order valence-electron chi connectivity index (χ4n) is 1.62. The maximum absolute atomic E-state index is 11.9. The monoisotopic (exact) mass is 351 g/mol. The average Bonchev–Trinajstić information content (AvgIpc) is 2.84. The summed E-state index contributed by atoms with van der Waals surface area (Å²) in [4.78, 5) is 34.4. The molecule has 0 atom stereocenters. The van der Waals surface area contributed by atoms with Crippen LogP contribution in [-0.2, 0) is 9.53 Å². The second-order valence-electron chi connectivity index (χ2n) is 5.08. The van der Waals surface area contributed by atoms with Crippen molar-refractivity contribution in [1.82, 2.24) is 15.8 Å². The first-order chi connectivity index (χ1) is 11.0. The van der Waals surface area contributed by atoms with E-state index in [1.54, 1.807) is 19.2 Å². The third-order valence-corrected chi connectivity index (χ3v) is 2.65. The maximum Gasteiger partial charge on any atom is 0.405 e. The van der Waals surface area contributed by atoms with Gasteiger partial charge in [-0.1, -0.05) is 19.0 Å². The van der Waals surface area contributed by atoms with Gasteiger partial charge in [0.15, 0.2) is 12.4 Å². The van der Waals surface area contributed by atoms with Crippen LogP contribution in [0.3, 0.4) is 0 Å². The molecule has 11 heteroatoms. The summed E-state index contributed by atoms with van der Waals surface area (Å²) in [5.41, 5.74) is 0.339. The lowest BCUT2D eigenvalue weighted by atomic mass is 10.1. The molecule has 0 fully saturated rings. The number of nitrogens with one attached hydrogen (secondary N) is 2. The van der Waals surface area contributed by atoms with Crippen LogP contribution in [-0.4, -0.2) is 42.4 Å². The van der Waals surface area contributed by atoms with Crippen molar-refractivity contribution in [3.05, 3.63) is 17.0 Å². The number of aryl methyl sites for hydroxylation is 1. The highest BCUT2D eigenvalue weighted by atomic mass is 19.4. The minimum Gasteiger partial charge on any atom is -0.452 e. The van der Waals surface area contributed by atoms with Gasteiger partial charge in [0.1, 0.15) is 12.1 Å². The number of esters is 1. The number of hydrogen-bond donors (Lipinski definition) is 2. The van der Waals surface area contributed by atoms with Crippen LogP contribution in [0.25, 0.3) is 0 Å². The molecule has 3 amide bonds. The zero-order chi connectivity index (χ0) is 18.5. The van der Waals surface area contributed by atoms with Crippen molar-refractivity contribution in [2.45, 2.75) is 32.9 Å². The van der Waals surface area contributed by atoms with E-state index in [9.17, 15) is 27.6 Å². The first kappa shape index (κ1) is 19.5. The highest BCUT2D eigenvalue weighted by Crippen LogP contribution is 2.22. The molecule has 0 aromatic carbocycles. The van der Waals surface area contributed by atoms with Gasteiger partial charge in [-0.3, -0.25) is 10.1 Å². The Morgan fingerprint density at radius 2 is 1.92 bits per heavy atom. The van der Waals surface area contributed by atoms with Crippen molar-refractivity contribution in [3.8, 4) is 0 Å². The number of urea groups is 1. The van der Waals surface area contributed by atoms with E-state index in [1.165, 1.54) is 12.2 Å². The van der Waals surface area contributed by atoms with E-state index in [0.29, 0.717) is 0 Å². The smallest absolute Gasteiger partial charge is 0.405 e. The molecule has 0 saturated carbocycles. The number of rotatable bonds is 5. The number of aromatic nitrogens is 1. The molecule has 0 unspecified atom stereocenters. The first-order valence-electron chi connectivity index (χ1n) is 6.79. The summed E-state index contributed by atoms with van der Waals surface area (Å²) in [6, 6.07) is -1.35. The largest absolute Gasteiger partial charge is 0.452 e. The maximum atomic E-state index is 11.9. The summed E-state index contributed by atoms with van der Waals surface area (Å²) in [7, 11) is 0. The molecule has 2 N–H and O–H groups in total. The van der Waals surface area contributed by atoms with Gasteiger partial charge in [-0.25, -0.2) is 9.59 Å². The van der Waals surface area contributed by atoms with Gasteiger partial charge in [-0.05, 0) is 6.92 Å². The molecule has 0 spiro atoms. The van der Waals surface area contributed by atoms with E-state index in [2.05, 4.69) is 5.16 Å². The first-order valence-corrected chi connectivity index (χ1v) is 6.79. The average molecular weight is 351 g/mol. The molecule has 134 valence electrons. The summed E-state index contributed by atoms with van der Waals surface area (Å²) in [6.07, 6.45) is -4.61. The molecule has 8 nitrogen and oxygen atoms in total. The standard InChI is InChI=1S/C13H16F3N3O5/c1-6(2)10-9(7(3)19-24-10)11(21)23-4-8(20)18-12(22)17-5-13(14,15)16/h6H,4-5H2,1-3H3,(H2,17,18,20,22). The summed E-state index contributed by atoms with van der Waals surface area (Å²) in [6.45, 7) is 2.59. The highest BCUT2D eigenvalue weighted by molar-refractivity contribution is 5.97. The number of carbonyl (C=O) groups excluding carboxylic acids is 3. The van der Waals surface area contributed by atoms with Gasteiger partial charge in [0.25, 0.3) is 5.91 Å². The highest BCUT2D eigenvalue weighted by Gasteiger charge is 2.28. The second kappa shape index (κ2) is 7.79. The quantitative estimate of drug-likeness (QED) is 0.781. The fraction of sp³-hybridized carbons (Fsp3) is 0.538. The lowest BCUT2D eigenvalue weighted by Crippen LogP contribution is -2.44. The Labute approximate surface area is 134 Å². The number of carbonyl (C=O) groups is 3. The SMILES string of the molecule is Cc1noc(C(C)C)c1C(=O)OCC(=O)NC(=O)NCC(F)(F)F. The lowest BCUT2D eigenvalue weighted by molar-refractivity contribution is -0.125. The van der Waals surface area contributed by atoms with Crippen LogP contribution in [0.15, 0.2) is 4.52 Å². The van der Waals surface area contributed by atoms with Crippen molar-refractivity contribution in [2.24, 2.45) is 0 Å². The van der Waals surface area contributed by atoms with Crippen LogP contribution in [0.5, 0.6) is 0 Å². The zero-order valence-electron chi connectivity index (χ0n) is 13.1. The van der Waals surface area contributed by atoms with E-state index in [4.69, 9.17) is 9.26 Å². The molecular weight excluding hydrogens is 335 g/mol. The van der Waals surface area contributed by atoms with Crippen LogP contribution in [0.4, 0.5) is 18.0 Å². The summed E-state index contributed by atoms with van der Waals surface area (Å²) < 4.78 is 45.4. The lowest BCUT2D eigenvalue weighted by Gasteiger charge is -2.09. The molecule has 0 saturated heterocycles. The van der Waals surface area contributed by atoms with Gasteiger partial charge in [0, 0.05) is 5.92 Å². The van der Waals surface area contributed by atoms with Gasteiger partial charge >= 0.3 is 18.2 Å². The van der Waals surface area contributed by atoms with Crippen molar-refractivity contribution in [2.75, 3.05) is 13.2 Å². The van der Waals surface area contributed by atoms with Crippen LogP contribution >= 0.6 is 0 Å². The molecule has 0 aliphatic heterocycles. The zero-order valence-corrected chi connectivity index (χ0v) is 13.1. The third-order valence-electron chi connectivity index (χ3n) is 2.65. The van der Waals surface area contributed by atoms with Gasteiger partial charge in [-0.15, -0.1) is 0 Å². The van der Waals surface area contributed by atoms with Crippen molar-refractivity contribution in [1.29, 1.82) is 0 Å². The van der Waals surface area contributed by atoms with Crippen molar-refractivity contribution < 1.29 is 36.8 Å². The molecule has 0 bridgehead atoms. The Morgan fingerprint density at radius 3 is 2.46 bits per heavy atom. The Balaban J connectivity index is 2.52. The molecule has 1 heterocycles. The number of amides is 3. The Kier molecular flexibility index (Phi) is 6.32. The van der Waals surface area contributed by atoms with E-state index in [-0.39, 0.29) is 22.9 Å². The van der Waals surface area contributed by atoms with Crippen LogP contribution < -0.4 is 10.6 Å². The summed E-state index contributed by atoms with van der Waals surface area (Å²) in [5.74, 6) is -1.84. The van der Waals surface area contributed by atoms with Crippen LogP contribution in [0, 0.1) is 6.92 Å². The van der Waals surface area contributed by atoms with E-state index in [1.807, 2.05) is 0 Å². The minimum atomic E-state index is -4.61. The molecule has 1 aromatic rings. The number of halogens is 3. The fourth-order valence-corrected chi connectivity index (χ4v) is 1.62. The predicted molar refractivity (Wildman–Crippen MR) is 73.2 cm³/mol. The molecule has 1 rings (SSSR count). The molecule has 1 aromatic heterocycles. The van der Waals surface area contributed by atoms with E-state index in [0.717, 1.165) is 0 Å². The summed E-state index contributed by atoms with van der Waals surface area (Å²) >= 11 is 0. The summed E-state index contributed by atoms with van der Waals surface area (Å²) in [5, 5.41) is 6.68. The number of alkyl halides is 3. The van der Waals surface area contributed by atoms with Gasteiger partial charge in [-0.2, -0.15) is 13.2 Å². The molecule has 0 aliphatic rings. The Hall–Kier alpha value is -2.59. The van der Waals surface area contributed by atoms with Gasteiger partial charge < -0.3 is 14.6 Å².